The summed E-state index contributed by atoms with van der Waals surface area (Å²) in [7, 11) is 0. The third-order valence-corrected chi connectivity index (χ3v) is 2.38. The molecule has 0 saturated heterocycles. The van der Waals surface area contributed by atoms with Crippen LogP contribution in [0.5, 0.6) is 5.75 Å². The van der Waals surface area contributed by atoms with Gasteiger partial charge in [-0.15, -0.1) is 0 Å². The number of phenols is 1. The third kappa shape index (κ3) is 3.90. The van der Waals surface area contributed by atoms with Crippen molar-refractivity contribution in [1.82, 2.24) is 5.32 Å². The lowest BCUT2D eigenvalue weighted by molar-refractivity contribution is -0.137. The van der Waals surface area contributed by atoms with Gasteiger partial charge in [-0.1, -0.05) is 18.2 Å². The maximum atomic E-state index is 10.3. The molecule has 0 amide bonds. The first-order chi connectivity index (χ1) is 7.61. The molecular formula is C12H17NO3. The molecule has 0 aliphatic rings. The van der Waals surface area contributed by atoms with Gasteiger partial charge < -0.3 is 15.5 Å². The molecular weight excluding hydrogens is 206 g/mol. The molecule has 0 spiro atoms. The average Bonchev–Trinajstić information content (AvgIpc) is 2.23. The highest BCUT2D eigenvalue weighted by atomic mass is 16.4. The third-order valence-electron chi connectivity index (χ3n) is 2.38. The Morgan fingerprint density at radius 2 is 2.19 bits per heavy atom. The van der Waals surface area contributed by atoms with E-state index in [0.717, 1.165) is 11.1 Å². The highest BCUT2D eigenvalue weighted by molar-refractivity contribution is 5.66. The molecule has 0 heterocycles. The monoisotopic (exact) mass is 223 g/mol. The van der Waals surface area contributed by atoms with Crippen LogP contribution in [-0.2, 0) is 11.3 Å². The second-order valence-electron chi connectivity index (χ2n) is 3.76. The predicted octanol–water partition coefficient (Wildman–Crippen LogP) is 1.66. The molecule has 0 atom stereocenters. The highest BCUT2D eigenvalue weighted by Crippen LogP contribution is 2.20. The molecule has 0 fully saturated rings. The number of aliphatic carboxylic acids is 1. The topological polar surface area (TPSA) is 69.6 Å². The van der Waals surface area contributed by atoms with Gasteiger partial charge in [0.2, 0.25) is 0 Å². The molecule has 1 aromatic carbocycles. The Morgan fingerprint density at radius 3 is 2.88 bits per heavy atom. The molecule has 0 radical (unpaired) electrons. The summed E-state index contributed by atoms with van der Waals surface area (Å²) in [6.45, 7) is 3.05. The van der Waals surface area contributed by atoms with E-state index in [1.165, 1.54) is 0 Å². The number of hydrogen-bond acceptors (Lipinski definition) is 3. The van der Waals surface area contributed by atoms with Crippen LogP contribution in [0.1, 0.15) is 24.0 Å². The Hall–Kier alpha value is -1.55. The van der Waals surface area contributed by atoms with Crippen LogP contribution in [0.25, 0.3) is 0 Å². The number of hydrogen-bond donors (Lipinski definition) is 3. The van der Waals surface area contributed by atoms with Gasteiger partial charge in [-0.3, -0.25) is 4.79 Å². The average molecular weight is 223 g/mol. The molecule has 0 bridgehead atoms. The number of benzene rings is 1. The van der Waals surface area contributed by atoms with Crippen LogP contribution in [0.4, 0.5) is 0 Å². The van der Waals surface area contributed by atoms with Gasteiger partial charge in [-0.25, -0.2) is 0 Å². The van der Waals surface area contributed by atoms with E-state index < -0.39 is 5.97 Å². The van der Waals surface area contributed by atoms with Crippen LogP contribution in [0.15, 0.2) is 18.2 Å². The Bertz CT molecular complexity index is 363. The lowest BCUT2D eigenvalue weighted by Crippen LogP contribution is -2.15. The largest absolute Gasteiger partial charge is 0.507 e. The van der Waals surface area contributed by atoms with Gasteiger partial charge >= 0.3 is 5.97 Å². The van der Waals surface area contributed by atoms with Crippen LogP contribution in [0.2, 0.25) is 0 Å². The second kappa shape index (κ2) is 6.12. The number of aromatic hydroxyl groups is 1. The van der Waals surface area contributed by atoms with E-state index in [0.29, 0.717) is 25.3 Å². The zero-order valence-electron chi connectivity index (χ0n) is 9.36. The molecule has 0 aliphatic heterocycles. The fraction of sp³-hybridized carbons (Fsp3) is 0.417. The van der Waals surface area contributed by atoms with Gasteiger partial charge in [0.1, 0.15) is 5.75 Å². The van der Waals surface area contributed by atoms with Crippen molar-refractivity contribution in [1.29, 1.82) is 0 Å². The number of nitrogens with one attached hydrogen (secondary N) is 1. The number of carboxylic acid groups (broad SMARTS) is 1. The van der Waals surface area contributed by atoms with Gasteiger partial charge in [0, 0.05) is 18.5 Å². The van der Waals surface area contributed by atoms with Gasteiger partial charge in [0.25, 0.3) is 0 Å². The number of carbonyl (C=O) groups is 1. The molecule has 0 aromatic heterocycles. The fourth-order valence-corrected chi connectivity index (χ4v) is 1.45. The maximum Gasteiger partial charge on any atom is 0.303 e. The minimum absolute atomic E-state index is 0.173. The minimum Gasteiger partial charge on any atom is -0.507 e. The summed E-state index contributed by atoms with van der Waals surface area (Å²) in [6.07, 6.45) is 0.773. The smallest absolute Gasteiger partial charge is 0.303 e. The van der Waals surface area contributed by atoms with Crippen molar-refractivity contribution in [2.45, 2.75) is 26.3 Å². The van der Waals surface area contributed by atoms with Crippen LogP contribution in [0.3, 0.4) is 0 Å². The van der Waals surface area contributed by atoms with Gasteiger partial charge in [0.15, 0.2) is 0 Å². The van der Waals surface area contributed by atoms with E-state index in [1.807, 2.05) is 25.1 Å². The molecule has 16 heavy (non-hydrogen) atoms. The fourth-order valence-electron chi connectivity index (χ4n) is 1.45. The zero-order valence-corrected chi connectivity index (χ0v) is 9.36. The molecule has 0 saturated carbocycles. The van der Waals surface area contributed by atoms with Gasteiger partial charge in [-0.2, -0.15) is 0 Å². The molecule has 0 aliphatic carbocycles. The number of rotatable bonds is 6. The second-order valence-corrected chi connectivity index (χ2v) is 3.76. The van der Waals surface area contributed by atoms with Crippen LogP contribution in [-0.4, -0.2) is 22.7 Å². The van der Waals surface area contributed by atoms with Gasteiger partial charge in [-0.05, 0) is 25.5 Å². The van der Waals surface area contributed by atoms with Crippen molar-refractivity contribution in [2.24, 2.45) is 0 Å². The molecule has 1 aromatic rings. The maximum absolute atomic E-state index is 10.3. The summed E-state index contributed by atoms with van der Waals surface area (Å²) < 4.78 is 0. The Kier molecular flexibility index (Phi) is 4.79. The van der Waals surface area contributed by atoms with E-state index in [4.69, 9.17) is 5.11 Å². The molecule has 4 heteroatoms. The van der Waals surface area contributed by atoms with Crippen molar-refractivity contribution in [3.8, 4) is 5.75 Å². The van der Waals surface area contributed by atoms with Crippen molar-refractivity contribution in [3.63, 3.8) is 0 Å². The highest BCUT2D eigenvalue weighted by Gasteiger charge is 2.02. The first-order valence-corrected chi connectivity index (χ1v) is 5.31. The summed E-state index contributed by atoms with van der Waals surface area (Å²) >= 11 is 0. The molecule has 0 unspecified atom stereocenters. The minimum atomic E-state index is -0.778. The summed E-state index contributed by atoms with van der Waals surface area (Å²) in [4.78, 5) is 10.3. The zero-order chi connectivity index (χ0) is 12.0. The molecule has 4 nitrogen and oxygen atoms in total. The van der Waals surface area contributed by atoms with E-state index in [2.05, 4.69) is 5.32 Å². The summed E-state index contributed by atoms with van der Waals surface area (Å²) in [5.41, 5.74) is 1.69. The lowest BCUT2D eigenvalue weighted by atomic mass is 10.1. The molecule has 3 N–H and O–H groups in total. The quantitative estimate of drug-likeness (QED) is 0.641. The van der Waals surface area contributed by atoms with E-state index in [-0.39, 0.29) is 6.42 Å². The normalized spacial score (nSPS) is 10.3. The van der Waals surface area contributed by atoms with Crippen molar-refractivity contribution < 1.29 is 15.0 Å². The first-order valence-electron chi connectivity index (χ1n) is 5.31. The summed E-state index contributed by atoms with van der Waals surface area (Å²) in [5, 5.41) is 21.3. The van der Waals surface area contributed by atoms with E-state index in [1.54, 1.807) is 0 Å². The standard InChI is InChI=1S/C12H17NO3/c1-9-4-2-5-10(12(9)16)8-13-7-3-6-11(14)15/h2,4-5,13,16H,3,6-8H2,1H3,(H,14,15). The summed E-state index contributed by atoms with van der Waals surface area (Å²) in [5.74, 6) is -0.464. The van der Waals surface area contributed by atoms with Crippen LogP contribution >= 0.6 is 0 Å². The van der Waals surface area contributed by atoms with Crippen LogP contribution in [0, 0.1) is 6.92 Å². The Balaban J connectivity index is 2.32. The first kappa shape index (κ1) is 12.5. The molecule has 1 rings (SSSR count). The van der Waals surface area contributed by atoms with Gasteiger partial charge in [0.05, 0.1) is 0 Å². The predicted molar refractivity (Wildman–Crippen MR) is 61.4 cm³/mol. The van der Waals surface area contributed by atoms with E-state index in [9.17, 15) is 9.90 Å². The van der Waals surface area contributed by atoms with Crippen LogP contribution < -0.4 is 5.32 Å². The summed E-state index contributed by atoms with van der Waals surface area (Å²) in [6, 6.07) is 5.60. The molecule has 88 valence electrons. The number of phenolic OH excluding ortho intramolecular Hbond substituents is 1. The number of aryl methyl sites for hydroxylation is 1. The SMILES string of the molecule is Cc1cccc(CNCCCC(=O)O)c1O. The number of carboxylic acids is 1. The van der Waals surface area contributed by atoms with Crippen molar-refractivity contribution in [2.75, 3.05) is 6.54 Å². The number of para-hydroxylation sites is 1. The Morgan fingerprint density at radius 1 is 1.44 bits per heavy atom. The lowest BCUT2D eigenvalue weighted by Gasteiger charge is -2.07. The Labute approximate surface area is 94.9 Å². The van der Waals surface area contributed by atoms with E-state index >= 15 is 0 Å². The van der Waals surface area contributed by atoms with Crippen molar-refractivity contribution >= 4 is 5.97 Å². The van der Waals surface area contributed by atoms with Crippen molar-refractivity contribution in [3.05, 3.63) is 29.3 Å².